The second-order valence-corrected chi connectivity index (χ2v) is 7.36. The van der Waals surface area contributed by atoms with Crippen LogP contribution in [0.15, 0.2) is 45.6 Å². The fraction of sp³-hybridized carbons (Fsp3) is 0.292. The number of hydrogen-bond donors (Lipinski definition) is 2. The molecule has 2 aromatic carbocycles. The third-order valence-electron chi connectivity index (χ3n) is 5.36. The topological polar surface area (TPSA) is 124 Å². The van der Waals surface area contributed by atoms with E-state index in [1.165, 1.54) is 21.3 Å². The molecule has 1 amide bonds. The number of ether oxygens (including phenoxy) is 3. The number of carboxylic acids is 1. The molecular formula is C24H25NO8. The molecule has 1 unspecified atom stereocenters. The summed E-state index contributed by atoms with van der Waals surface area (Å²) < 4.78 is 21.0. The third kappa shape index (κ3) is 5.25. The molecule has 1 aromatic heterocycles. The van der Waals surface area contributed by atoms with E-state index in [2.05, 4.69) is 5.32 Å². The molecular weight excluding hydrogens is 430 g/mol. The number of carboxylic acid groups (broad SMARTS) is 1. The van der Waals surface area contributed by atoms with E-state index in [9.17, 15) is 19.5 Å². The van der Waals surface area contributed by atoms with Crippen LogP contribution in [0.3, 0.4) is 0 Å². The van der Waals surface area contributed by atoms with Crippen molar-refractivity contribution in [2.75, 3.05) is 21.3 Å². The third-order valence-corrected chi connectivity index (χ3v) is 5.36. The zero-order valence-electron chi connectivity index (χ0n) is 18.8. The lowest BCUT2D eigenvalue weighted by Gasteiger charge is -2.19. The minimum absolute atomic E-state index is 0.201. The van der Waals surface area contributed by atoms with Crippen molar-refractivity contribution in [1.29, 1.82) is 0 Å². The highest BCUT2D eigenvalue weighted by molar-refractivity contribution is 5.85. The van der Waals surface area contributed by atoms with Crippen molar-refractivity contribution in [3.8, 4) is 17.2 Å². The van der Waals surface area contributed by atoms with E-state index < -0.39 is 23.5 Å². The van der Waals surface area contributed by atoms with Gasteiger partial charge in [0.2, 0.25) is 5.91 Å². The molecule has 0 aliphatic heterocycles. The van der Waals surface area contributed by atoms with Gasteiger partial charge in [0.25, 0.3) is 0 Å². The summed E-state index contributed by atoms with van der Waals surface area (Å²) in [7, 11) is 4.46. The van der Waals surface area contributed by atoms with Gasteiger partial charge in [0.05, 0.1) is 45.8 Å². The van der Waals surface area contributed by atoms with Crippen LogP contribution in [0.25, 0.3) is 11.0 Å². The SMILES string of the molecule is COc1ccc2c(C)c(CC(=O)NC(CC(=O)O)c3ccc(OC)c(OC)c3)c(=O)oc2c1. The Morgan fingerprint density at radius 3 is 2.39 bits per heavy atom. The smallest absolute Gasteiger partial charge is 0.340 e. The molecule has 3 aromatic rings. The van der Waals surface area contributed by atoms with Crippen molar-refractivity contribution in [2.45, 2.75) is 25.8 Å². The Hall–Kier alpha value is -4.01. The lowest BCUT2D eigenvalue weighted by molar-refractivity contribution is -0.137. The number of methoxy groups -OCH3 is 3. The Morgan fingerprint density at radius 2 is 1.76 bits per heavy atom. The van der Waals surface area contributed by atoms with Crippen LogP contribution < -0.4 is 25.2 Å². The van der Waals surface area contributed by atoms with Crippen molar-refractivity contribution in [1.82, 2.24) is 5.32 Å². The molecule has 0 bridgehead atoms. The summed E-state index contributed by atoms with van der Waals surface area (Å²) in [5.74, 6) is -0.185. The summed E-state index contributed by atoms with van der Waals surface area (Å²) in [6.45, 7) is 1.73. The van der Waals surface area contributed by atoms with E-state index in [1.807, 2.05) is 0 Å². The summed E-state index contributed by atoms with van der Waals surface area (Å²) in [6, 6.07) is 9.14. The minimum atomic E-state index is -1.09. The lowest BCUT2D eigenvalue weighted by atomic mass is 10.0. The van der Waals surface area contributed by atoms with E-state index in [-0.39, 0.29) is 18.4 Å². The van der Waals surface area contributed by atoms with Crippen molar-refractivity contribution in [3.05, 3.63) is 63.5 Å². The van der Waals surface area contributed by atoms with E-state index in [0.717, 1.165) is 0 Å². The average molecular weight is 455 g/mol. The van der Waals surface area contributed by atoms with Crippen LogP contribution in [0, 0.1) is 6.92 Å². The Labute approximate surface area is 189 Å². The van der Waals surface area contributed by atoms with Crippen molar-refractivity contribution in [2.24, 2.45) is 0 Å². The normalized spacial score (nSPS) is 11.6. The van der Waals surface area contributed by atoms with Crippen LogP contribution in [0.5, 0.6) is 17.2 Å². The Balaban J connectivity index is 1.89. The Morgan fingerprint density at radius 1 is 1.03 bits per heavy atom. The van der Waals surface area contributed by atoms with Gasteiger partial charge in [-0.1, -0.05) is 6.07 Å². The summed E-state index contributed by atoms with van der Waals surface area (Å²) in [4.78, 5) is 36.8. The fourth-order valence-corrected chi connectivity index (χ4v) is 3.61. The summed E-state index contributed by atoms with van der Waals surface area (Å²) in [5.41, 5.74) is 1.06. The van der Waals surface area contributed by atoms with Gasteiger partial charge in [-0.25, -0.2) is 4.79 Å². The first-order valence-corrected chi connectivity index (χ1v) is 10.1. The van der Waals surface area contributed by atoms with Crippen LogP contribution in [0.4, 0.5) is 0 Å². The molecule has 0 aliphatic carbocycles. The zero-order valence-corrected chi connectivity index (χ0v) is 18.8. The quantitative estimate of drug-likeness (QED) is 0.472. The van der Waals surface area contributed by atoms with Crippen molar-refractivity contribution in [3.63, 3.8) is 0 Å². The van der Waals surface area contributed by atoms with Gasteiger partial charge >= 0.3 is 11.6 Å². The molecule has 174 valence electrons. The number of carbonyl (C=O) groups excluding carboxylic acids is 1. The zero-order chi connectivity index (χ0) is 24.1. The van der Waals surface area contributed by atoms with Crippen LogP contribution in [0.2, 0.25) is 0 Å². The van der Waals surface area contributed by atoms with Crippen molar-refractivity contribution < 1.29 is 33.3 Å². The number of carbonyl (C=O) groups is 2. The number of aliphatic carboxylic acids is 1. The van der Waals surface area contributed by atoms with Crippen LogP contribution in [0.1, 0.15) is 29.2 Å². The molecule has 0 saturated carbocycles. The van der Waals surface area contributed by atoms with Crippen molar-refractivity contribution >= 4 is 22.8 Å². The van der Waals surface area contributed by atoms with E-state index in [1.54, 1.807) is 43.3 Å². The lowest BCUT2D eigenvalue weighted by Crippen LogP contribution is -2.32. The molecule has 0 saturated heterocycles. The first-order chi connectivity index (χ1) is 15.8. The fourth-order valence-electron chi connectivity index (χ4n) is 3.61. The maximum atomic E-state index is 12.8. The average Bonchev–Trinajstić information content (AvgIpc) is 2.80. The predicted octanol–water partition coefficient (Wildman–Crippen LogP) is 3.00. The summed E-state index contributed by atoms with van der Waals surface area (Å²) in [5, 5.41) is 12.7. The largest absolute Gasteiger partial charge is 0.497 e. The van der Waals surface area contributed by atoms with Gasteiger partial charge in [-0.15, -0.1) is 0 Å². The number of nitrogens with one attached hydrogen (secondary N) is 1. The molecule has 9 heteroatoms. The first kappa shape index (κ1) is 23.6. The summed E-state index contributed by atoms with van der Waals surface area (Å²) >= 11 is 0. The Kier molecular flexibility index (Phi) is 7.22. The number of rotatable bonds is 9. The molecule has 3 rings (SSSR count). The molecule has 1 atom stereocenters. The van der Waals surface area contributed by atoms with Crippen LogP contribution in [-0.4, -0.2) is 38.3 Å². The predicted molar refractivity (Wildman–Crippen MR) is 120 cm³/mol. The molecule has 2 N–H and O–H groups in total. The molecule has 0 spiro atoms. The summed E-state index contributed by atoms with van der Waals surface area (Å²) in [6.07, 6.45) is -0.619. The molecule has 0 fully saturated rings. The highest BCUT2D eigenvalue weighted by Crippen LogP contribution is 2.31. The first-order valence-electron chi connectivity index (χ1n) is 10.1. The molecule has 0 aliphatic rings. The van der Waals surface area contributed by atoms with E-state index in [0.29, 0.717) is 39.3 Å². The maximum absolute atomic E-state index is 12.8. The van der Waals surface area contributed by atoms with E-state index >= 15 is 0 Å². The van der Waals surface area contributed by atoms with Gasteiger partial charge in [-0.3, -0.25) is 9.59 Å². The van der Waals surface area contributed by atoms with Crippen LogP contribution in [-0.2, 0) is 16.0 Å². The molecule has 0 radical (unpaired) electrons. The van der Waals surface area contributed by atoms with Gasteiger partial charge in [0.15, 0.2) is 11.5 Å². The maximum Gasteiger partial charge on any atom is 0.340 e. The Bertz CT molecular complexity index is 1250. The number of aryl methyl sites for hydroxylation is 1. The second-order valence-electron chi connectivity index (χ2n) is 7.36. The molecule has 1 heterocycles. The van der Waals surface area contributed by atoms with Gasteiger partial charge in [-0.05, 0) is 42.3 Å². The second kappa shape index (κ2) is 10.1. The van der Waals surface area contributed by atoms with Gasteiger partial charge in [0, 0.05) is 11.5 Å². The standard InChI is InChI=1S/C24H25NO8/c1-13-16-7-6-15(30-2)10-20(16)33-24(29)17(13)11-22(26)25-18(12-23(27)28)14-5-8-19(31-3)21(9-14)32-4/h5-10,18H,11-12H2,1-4H3,(H,25,26)(H,27,28). The number of hydrogen-bond acceptors (Lipinski definition) is 7. The number of amides is 1. The minimum Gasteiger partial charge on any atom is -0.497 e. The highest BCUT2D eigenvalue weighted by Gasteiger charge is 2.22. The van der Waals surface area contributed by atoms with E-state index in [4.69, 9.17) is 18.6 Å². The highest BCUT2D eigenvalue weighted by atomic mass is 16.5. The van der Waals surface area contributed by atoms with Gasteiger partial charge in [0.1, 0.15) is 11.3 Å². The number of fused-ring (bicyclic) bond motifs is 1. The number of benzene rings is 2. The van der Waals surface area contributed by atoms with Gasteiger partial charge < -0.3 is 29.1 Å². The van der Waals surface area contributed by atoms with Crippen LogP contribution >= 0.6 is 0 Å². The van der Waals surface area contributed by atoms with Gasteiger partial charge in [-0.2, -0.15) is 0 Å². The molecule has 33 heavy (non-hydrogen) atoms. The molecule has 9 nitrogen and oxygen atoms in total. The monoisotopic (exact) mass is 455 g/mol.